The molecule has 0 bridgehead atoms. The summed E-state index contributed by atoms with van der Waals surface area (Å²) in [4.78, 5) is 23.9. The second-order valence-electron chi connectivity index (χ2n) is 5.95. The molecule has 2 aromatic carbocycles. The van der Waals surface area contributed by atoms with Crippen LogP contribution in [0.4, 0.5) is 5.69 Å². The molecule has 0 fully saturated rings. The lowest BCUT2D eigenvalue weighted by Gasteiger charge is -2.09. The number of anilines is 1. The van der Waals surface area contributed by atoms with Crippen molar-refractivity contribution in [2.24, 2.45) is 5.10 Å². The Balaban J connectivity index is 1.83. The first-order valence-electron chi connectivity index (χ1n) is 9.05. The van der Waals surface area contributed by atoms with E-state index < -0.39 is 5.91 Å². The Morgan fingerprint density at radius 1 is 1.07 bits per heavy atom. The van der Waals surface area contributed by atoms with Crippen LogP contribution >= 0.6 is 0 Å². The first-order valence-corrected chi connectivity index (χ1v) is 9.05. The van der Waals surface area contributed by atoms with Gasteiger partial charge in [-0.2, -0.15) is 5.10 Å². The summed E-state index contributed by atoms with van der Waals surface area (Å²) >= 11 is 0. The number of hydrazone groups is 1. The summed E-state index contributed by atoms with van der Waals surface area (Å²) in [6, 6.07) is 14.9. The maximum absolute atomic E-state index is 12.0. The van der Waals surface area contributed by atoms with Gasteiger partial charge >= 0.3 is 0 Å². The molecule has 0 aromatic heterocycles. The second-order valence-corrected chi connectivity index (χ2v) is 5.95. The zero-order valence-corrected chi connectivity index (χ0v) is 15.7. The van der Waals surface area contributed by atoms with E-state index in [1.807, 2.05) is 62.4 Å². The van der Waals surface area contributed by atoms with Gasteiger partial charge in [-0.05, 0) is 42.2 Å². The average molecular weight is 367 g/mol. The third-order valence-corrected chi connectivity index (χ3v) is 3.73. The number of ether oxygens (including phenoxy) is 1. The van der Waals surface area contributed by atoms with Crippen LogP contribution in [0.1, 0.15) is 37.8 Å². The van der Waals surface area contributed by atoms with Crippen molar-refractivity contribution in [1.82, 2.24) is 5.43 Å². The molecule has 2 N–H and O–H groups in total. The molecule has 142 valence electrons. The highest BCUT2D eigenvalue weighted by Crippen LogP contribution is 2.15. The summed E-state index contributed by atoms with van der Waals surface area (Å²) in [6.45, 7) is 4.69. The van der Waals surface area contributed by atoms with E-state index in [1.54, 1.807) is 0 Å². The zero-order valence-electron chi connectivity index (χ0n) is 15.7. The molecule has 6 nitrogen and oxygen atoms in total. The Bertz CT molecular complexity index is 803. The minimum absolute atomic E-state index is 0.297. The molecule has 0 saturated heterocycles. The fourth-order valence-electron chi connectivity index (χ4n) is 2.41. The van der Waals surface area contributed by atoms with E-state index in [0.29, 0.717) is 6.61 Å². The van der Waals surface area contributed by atoms with E-state index in [9.17, 15) is 9.59 Å². The van der Waals surface area contributed by atoms with Crippen molar-refractivity contribution in [2.75, 3.05) is 11.9 Å². The largest absolute Gasteiger partial charge is 0.494 e. The summed E-state index contributed by atoms with van der Waals surface area (Å²) in [6.07, 6.45) is 2.95. The number of hydrogen-bond acceptors (Lipinski definition) is 4. The number of rotatable bonds is 9. The van der Waals surface area contributed by atoms with E-state index in [4.69, 9.17) is 4.74 Å². The molecule has 0 atom stereocenters. The molecule has 0 aliphatic carbocycles. The number of carbonyl (C=O) groups is 2. The normalized spacial score (nSPS) is 10.6. The number of benzene rings is 2. The summed E-state index contributed by atoms with van der Waals surface area (Å²) in [5.41, 5.74) is 4.91. The van der Waals surface area contributed by atoms with Gasteiger partial charge in [-0.15, -0.1) is 0 Å². The van der Waals surface area contributed by atoms with Crippen LogP contribution in [0.25, 0.3) is 0 Å². The second kappa shape index (κ2) is 10.8. The molecule has 6 heteroatoms. The van der Waals surface area contributed by atoms with Crippen molar-refractivity contribution in [1.29, 1.82) is 0 Å². The fraction of sp³-hybridized carbons (Fsp3) is 0.286. The number of nitrogens with one attached hydrogen (secondary N) is 2. The first kappa shape index (κ1) is 20.2. The lowest BCUT2D eigenvalue weighted by molar-refractivity contribution is -0.126. The van der Waals surface area contributed by atoms with Crippen LogP contribution in [0.3, 0.4) is 0 Å². The monoisotopic (exact) mass is 367 g/mol. The number of aryl methyl sites for hydroxylation is 1. The molecule has 0 aliphatic rings. The third-order valence-electron chi connectivity index (χ3n) is 3.73. The molecule has 27 heavy (non-hydrogen) atoms. The lowest BCUT2D eigenvalue weighted by atomic mass is 10.1. The van der Waals surface area contributed by atoms with E-state index in [-0.39, 0.29) is 12.3 Å². The maximum atomic E-state index is 12.0. The SMILES string of the molecule is CCCOc1cccc(C=NNC(=O)CC(=O)Nc2ccccc2CC)c1. The van der Waals surface area contributed by atoms with E-state index in [0.717, 1.165) is 35.4 Å². The average Bonchev–Trinajstić information content (AvgIpc) is 2.67. The quantitative estimate of drug-likeness (QED) is 0.404. The molecule has 2 amide bonds. The Morgan fingerprint density at radius 3 is 2.67 bits per heavy atom. The van der Waals surface area contributed by atoms with Crippen molar-refractivity contribution in [3.05, 3.63) is 59.7 Å². The Morgan fingerprint density at radius 2 is 1.89 bits per heavy atom. The highest BCUT2D eigenvalue weighted by molar-refractivity contribution is 6.04. The van der Waals surface area contributed by atoms with Gasteiger partial charge in [-0.1, -0.05) is 44.2 Å². The number of hydrogen-bond donors (Lipinski definition) is 2. The third kappa shape index (κ3) is 6.93. The van der Waals surface area contributed by atoms with Gasteiger partial charge < -0.3 is 10.1 Å². The van der Waals surface area contributed by atoms with Crippen LogP contribution < -0.4 is 15.5 Å². The predicted octanol–water partition coefficient (Wildman–Crippen LogP) is 3.52. The van der Waals surface area contributed by atoms with Crippen LogP contribution in [0.15, 0.2) is 53.6 Å². The van der Waals surface area contributed by atoms with Crippen LogP contribution in [0.2, 0.25) is 0 Å². The van der Waals surface area contributed by atoms with Crippen molar-refractivity contribution >= 4 is 23.7 Å². The minimum atomic E-state index is -0.476. The highest BCUT2D eigenvalue weighted by atomic mass is 16.5. The summed E-state index contributed by atoms with van der Waals surface area (Å²) in [5.74, 6) is -0.101. The number of nitrogens with zero attached hydrogens (tertiary/aromatic N) is 1. The van der Waals surface area contributed by atoms with Gasteiger partial charge in [-0.3, -0.25) is 9.59 Å². The van der Waals surface area contributed by atoms with Gasteiger partial charge in [0.05, 0.1) is 12.8 Å². The molecule has 0 aliphatic heterocycles. The van der Waals surface area contributed by atoms with Gasteiger partial charge in [0.25, 0.3) is 0 Å². The standard InChI is InChI=1S/C21H25N3O3/c1-3-12-27-18-10-7-8-16(13-18)15-22-24-21(26)14-20(25)23-19-11-6-5-9-17(19)4-2/h5-11,13,15H,3-4,12,14H2,1-2H3,(H,23,25)(H,24,26). The number of carbonyl (C=O) groups excluding carboxylic acids is 2. The Hall–Kier alpha value is -3.15. The minimum Gasteiger partial charge on any atom is -0.494 e. The van der Waals surface area contributed by atoms with Crippen molar-refractivity contribution in [3.63, 3.8) is 0 Å². The van der Waals surface area contributed by atoms with Crippen LogP contribution in [-0.4, -0.2) is 24.6 Å². The summed E-state index contributed by atoms with van der Waals surface area (Å²) in [5, 5.41) is 6.66. The maximum Gasteiger partial charge on any atom is 0.249 e. The van der Waals surface area contributed by atoms with Crippen LogP contribution in [0, 0.1) is 0 Å². The summed E-state index contributed by atoms with van der Waals surface area (Å²) in [7, 11) is 0. The molecule has 2 rings (SSSR count). The molecule has 0 spiro atoms. The molecule has 0 saturated carbocycles. The van der Waals surface area contributed by atoms with Crippen LogP contribution in [0.5, 0.6) is 5.75 Å². The lowest BCUT2D eigenvalue weighted by Crippen LogP contribution is -2.25. The molecule has 2 aromatic rings. The smallest absolute Gasteiger partial charge is 0.249 e. The number of para-hydroxylation sites is 1. The fourth-order valence-corrected chi connectivity index (χ4v) is 2.41. The van der Waals surface area contributed by atoms with Crippen LogP contribution in [-0.2, 0) is 16.0 Å². The number of amides is 2. The molecular formula is C21H25N3O3. The van der Waals surface area contributed by atoms with Crippen molar-refractivity contribution < 1.29 is 14.3 Å². The van der Waals surface area contributed by atoms with Crippen molar-refractivity contribution in [2.45, 2.75) is 33.1 Å². The van der Waals surface area contributed by atoms with E-state index in [2.05, 4.69) is 15.8 Å². The summed E-state index contributed by atoms with van der Waals surface area (Å²) < 4.78 is 5.55. The molecule has 0 radical (unpaired) electrons. The molecular weight excluding hydrogens is 342 g/mol. The van der Waals surface area contributed by atoms with E-state index >= 15 is 0 Å². The molecule has 0 unspecified atom stereocenters. The van der Waals surface area contributed by atoms with Gasteiger partial charge in [-0.25, -0.2) is 5.43 Å². The topological polar surface area (TPSA) is 79.8 Å². The zero-order chi connectivity index (χ0) is 19.5. The first-order chi connectivity index (χ1) is 13.1. The Labute approximate surface area is 159 Å². The Kier molecular flexibility index (Phi) is 8.03. The van der Waals surface area contributed by atoms with Gasteiger partial charge in [0.2, 0.25) is 11.8 Å². The van der Waals surface area contributed by atoms with Crippen molar-refractivity contribution in [3.8, 4) is 5.75 Å². The van der Waals surface area contributed by atoms with Gasteiger partial charge in [0, 0.05) is 5.69 Å². The molecule has 0 heterocycles. The predicted molar refractivity (Wildman–Crippen MR) is 107 cm³/mol. The van der Waals surface area contributed by atoms with Gasteiger partial charge in [0.1, 0.15) is 12.2 Å². The highest BCUT2D eigenvalue weighted by Gasteiger charge is 2.10. The van der Waals surface area contributed by atoms with Gasteiger partial charge in [0.15, 0.2) is 0 Å². The van der Waals surface area contributed by atoms with E-state index in [1.165, 1.54) is 6.21 Å².